The molecule has 192 valence electrons. The molecule has 5 aromatic carbocycles. The van der Waals surface area contributed by atoms with E-state index in [1.54, 1.807) is 0 Å². The van der Waals surface area contributed by atoms with Crippen LogP contribution in [0.2, 0.25) is 0 Å². The molecule has 1 atom stereocenters. The maximum absolute atomic E-state index is 6.87. The molecule has 0 fully saturated rings. The summed E-state index contributed by atoms with van der Waals surface area (Å²) in [7, 11) is 0. The molecule has 5 heteroatoms. The van der Waals surface area contributed by atoms with Gasteiger partial charge in [-0.1, -0.05) is 42.5 Å². The molecule has 42 heavy (non-hydrogen) atoms. The Morgan fingerprint density at radius 2 is 1.38 bits per heavy atom. The number of aromatic nitrogens is 4. The van der Waals surface area contributed by atoms with Gasteiger partial charge in [-0.15, -0.1) is 0 Å². The number of rotatable bonds is 0. The fourth-order valence-corrected chi connectivity index (χ4v) is 8.63. The summed E-state index contributed by atoms with van der Waals surface area (Å²) < 4.78 is 16.7. The molecule has 0 saturated carbocycles. The van der Waals surface area contributed by atoms with Crippen molar-refractivity contribution in [1.29, 1.82) is 0 Å². The van der Waals surface area contributed by atoms with E-state index in [-0.39, 0.29) is 0 Å². The monoisotopic (exact) mass is 536 g/mol. The van der Waals surface area contributed by atoms with E-state index in [1.165, 1.54) is 71.0 Å². The van der Waals surface area contributed by atoms with Crippen LogP contribution in [0.15, 0.2) is 122 Å². The minimum Gasteiger partial charge on any atom is -0.456 e. The zero-order valence-corrected chi connectivity index (χ0v) is 22.2. The van der Waals surface area contributed by atoms with Crippen molar-refractivity contribution in [2.45, 2.75) is 5.66 Å². The van der Waals surface area contributed by atoms with E-state index < -0.39 is 5.66 Å². The summed E-state index contributed by atoms with van der Waals surface area (Å²) in [5.74, 6) is 2.98. The van der Waals surface area contributed by atoms with Crippen molar-refractivity contribution in [1.82, 2.24) is 8.97 Å². The number of fused-ring (bicyclic) bond motifs is 9. The van der Waals surface area contributed by atoms with Crippen LogP contribution < -0.4 is 13.9 Å². The number of para-hydroxylation sites is 1. The van der Waals surface area contributed by atoms with Gasteiger partial charge < -0.3 is 4.74 Å². The smallest absolute Gasteiger partial charge is 0.318 e. The third-order valence-electron chi connectivity index (χ3n) is 10.1. The van der Waals surface area contributed by atoms with Crippen molar-refractivity contribution < 1.29 is 13.9 Å². The Hall–Kier alpha value is -5.68. The topological polar surface area (TPSA) is 26.3 Å². The van der Waals surface area contributed by atoms with E-state index in [1.807, 2.05) is 0 Å². The lowest BCUT2D eigenvalue weighted by molar-refractivity contribution is -0.956. The largest absolute Gasteiger partial charge is 0.456 e. The molecule has 0 radical (unpaired) electrons. The molecular formula is C37H20N4O+2. The molecule has 12 rings (SSSR count). The molecule has 0 aliphatic carbocycles. The highest BCUT2D eigenvalue weighted by Crippen LogP contribution is 2.56. The Morgan fingerprint density at radius 1 is 0.595 bits per heavy atom. The number of imidazole rings is 1. The second-order valence-electron chi connectivity index (χ2n) is 11.8. The first-order chi connectivity index (χ1) is 20.8. The first-order valence-electron chi connectivity index (χ1n) is 14.4. The molecule has 0 N–H and O–H groups in total. The number of hydrogen-bond acceptors (Lipinski definition) is 1. The normalized spacial score (nSPS) is 17.3. The van der Waals surface area contributed by atoms with Gasteiger partial charge in [-0.25, -0.2) is 0 Å². The fourth-order valence-electron chi connectivity index (χ4n) is 8.63. The standard InChI is InChI=1S/C37H20N4O/c1-2-8-22-20-28-26(19-21(22)7-1)24-12-14-29-33-32(24)36-38(28)17-18-40(36)37(33)34-30(42-29)15-13-25-23-9-3-4-10-27(23)41(35(25)34)31-11-5-6-16-39(31)37/h1-20H/q+2. The van der Waals surface area contributed by atoms with E-state index in [0.29, 0.717) is 0 Å². The summed E-state index contributed by atoms with van der Waals surface area (Å²) >= 11 is 0. The summed E-state index contributed by atoms with van der Waals surface area (Å²) in [5, 5.41) is 8.78. The summed E-state index contributed by atoms with van der Waals surface area (Å²) in [6.07, 6.45) is 6.78. The lowest BCUT2D eigenvalue weighted by Gasteiger charge is -2.36. The Morgan fingerprint density at radius 3 is 2.31 bits per heavy atom. The van der Waals surface area contributed by atoms with Crippen molar-refractivity contribution in [2.75, 3.05) is 0 Å². The van der Waals surface area contributed by atoms with Crippen LogP contribution in [0.3, 0.4) is 0 Å². The molecule has 0 bridgehead atoms. The molecule has 0 amide bonds. The van der Waals surface area contributed by atoms with E-state index in [4.69, 9.17) is 4.74 Å². The third kappa shape index (κ3) is 1.88. The number of benzene rings is 5. The van der Waals surface area contributed by atoms with Crippen LogP contribution in [-0.4, -0.2) is 8.97 Å². The van der Waals surface area contributed by atoms with Gasteiger partial charge in [-0.3, -0.25) is 0 Å². The molecule has 9 aromatic rings. The molecule has 7 heterocycles. The zero-order valence-electron chi connectivity index (χ0n) is 22.2. The van der Waals surface area contributed by atoms with Gasteiger partial charge in [-0.2, -0.15) is 18.1 Å². The summed E-state index contributed by atoms with van der Waals surface area (Å²) in [6.45, 7) is 0. The van der Waals surface area contributed by atoms with Crippen molar-refractivity contribution in [3.63, 3.8) is 0 Å². The fraction of sp³-hybridized carbons (Fsp3) is 0.0270. The highest BCUT2D eigenvalue weighted by atomic mass is 16.5. The SMILES string of the molecule is c1cc[n+]2c(c1)-n1c3ccccc3c3ccc4c(c31)C21c2c(ccc3c5cc6ccccc6cc5n5cc[n+]1c5c23)O4. The third-order valence-corrected chi connectivity index (χ3v) is 10.1. The molecule has 3 aliphatic rings. The molecule has 1 spiro atoms. The lowest BCUT2D eigenvalue weighted by Crippen LogP contribution is -2.75. The molecule has 1 unspecified atom stereocenters. The van der Waals surface area contributed by atoms with Crippen LogP contribution in [0.4, 0.5) is 0 Å². The second kappa shape index (κ2) is 6.29. The predicted molar refractivity (Wildman–Crippen MR) is 163 cm³/mol. The second-order valence-corrected chi connectivity index (χ2v) is 11.8. The summed E-state index contributed by atoms with van der Waals surface area (Å²) in [5.41, 5.74) is 6.63. The van der Waals surface area contributed by atoms with Crippen LogP contribution in [-0.2, 0) is 5.66 Å². The molecule has 4 aromatic heterocycles. The molecular weight excluding hydrogens is 516 g/mol. The number of hydrogen-bond donors (Lipinski definition) is 0. The average Bonchev–Trinajstić information content (AvgIpc) is 3.72. The van der Waals surface area contributed by atoms with Gasteiger partial charge in [0.1, 0.15) is 46.1 Å². The van der Waals surface area contributed by atoms with Crippen molar-refractivity contribution >= 4 is 59.9 Å². The highest BCUT2D eigenvalue weighted by Gasteiger charge is 2.64. The number of ether oxygens (including phenoxy) is 1. The van der Waals surface area contributed by atoms with Gasteiger partial charge in [-0.05, 0) is 65.4 Å². The van der Waals surface area contributed by atoms with E-state index in [9.17, 15) is 0 Å². The van der Waals surface area contributed by atoms with Crippen molar-refractivity contribution in [3.05, 3.63) is 133 Å². The first-order valence-corrected chi connectivity index (χ1v) is 14.4. The van der Waals surface area contributed by atoms with Crippen LogP contribution in [0.1, 0.15) is 11.1 Å². The van der Waals surface area contributed by atoms with Gasteiger partial charge in [0, 0.05) is 27.6 Å². The van der Waals surface area contributed by atoms with E-state index in [2.05, 4.69) is 140 Å². The van der Waals surface area contributed by atoms with Crippen LogP contribution in [0.5, 0.6) is 11.5 Å². The number of pyridine rings is 2. The molecule has 3 aliphatic heterocycles. The Bertz CT molecular complexity index is 2780. The average molecular weight is 537 g/mol. The maximum Gasteiger partial charge on any atom is 0.318 e. The predicted octanol–water partition coefficient (Wildman–Crippen LogP) is 7.10. The Kier molecular flexibility index (Phi) is 3.03. The van der Waals surface area contributed by atoms with Crippen LogP contribution in [0.25, 0.3) is 65.7 Å². The lowest BCUT2D eigenvalue weighted by atomic mass is 9.83. The molecule has 0 saturated heterocycles. The van der Waals surface area contributed by atoms with Gasteiger partial charge >= 0.3 is 5.66 Å². The minimum absolute atomic E-state index is 0.628. The highest BCUT2D eigenvalue weighted by molar-refractivity contribution is 6.18. The van der Waals surface area contributed by atoms with Gasteiger partial charge in [0.25, 0.3) is 11.5 Å². The summed E-state index contributed by atoms with van der Waals surface area (Å²) in [4.78, 5) is 0. The van der Waals surface area contributed by atoms with Crippen molar-refractivity contribution in [3.8, 4) is 17.3 Å². The Balaban J connectivity index is 1.39. The van der Waals surface area contributed by atoms with Gasteiger partial charge in [0.15, 0.2) is 5.52 Å². The van der Waals surface area contributed by atoms with Gasteiger partial charge in [0.05, 0.1) is 11.6 Å². The first kappa shape index (κ1) is 20.2. The summed E-state index contributed by atoms with van der Waals surface area (Å²) in [6, 6.07) is 37.6. The Labute approximate surface area is 238 Å². The zero-order chi connectivity index (χ0) is 26.9. The number of nitrogens with zero attached hydrogens (tertiary/aromatic N) is 4. The van der Waals surface area contributed by atoms with E-state index >= 15 is 0 Å². The van der Waals surface area contributed by atoms with Gasteiger partial charge in [0.2, 0.25) is 0 Å². The van der Waals surface area contributed by atoms with Crippen molar-refractivity contribution in [2.24, 2.45) is 0 Å². The molecule has 5 nitrogen and oxygen atoms in total. The minimum atomic E-state index is -0.628. The maximum atomic E-state index is 6.87. The van der Waals surface area contributed by atoms with E-state index in [0.717, 1.165) is 17.3 Å². The van der Waals surface area contributed by atoms with Crippen LogP contribution >= 0.6 is 0 Å². The van der Waals surface area contributed by atoms with Crippen LogP contribution in [0, 0.1) is 0 Å². The quantitative estimate of drug-likeness (QED) is 0.115.